The van der Waals surface area contributed by atoms with Gasteiger partial charge in [-0.3, -0.25) is 24.7 Å². The highest BCUT2D eigenvalue weighted by Crippen LogP contribution is 2.44. The Morgan fingerprint density at radius 3 is 2.67 bits per heavy atom. The summed E-state index contributed by atoms with van der Waals surface area (Å²) in [5.41, 5.74) is 2.10. The van der Waals surface area contributed by atoms with Gasteiger partial charge in [-0.25, -0.2) is 0 Å². The van der Waals surface area contributed by atoms with Crippen molar-refractivity contribution in [3.05, 3.63) is 81.5 Å². The van der Waals surface area contributed by atoms with Crippen molar-refractivity contribution >= 4 is 23.2 Å². The number of nitro benzene ring substituents is 1. The monoisotopic (exact) mass is 448 g/mol. The van der Waals surface area contributed by atoms with Crippen LogP contribution < -0.4 is 4.74 Å². The molecule has 0 aromatic heterocycles. The molecule has 0 amide bonds. The first-order valence-electron chi connectivity index (χ1n) is 10.9. The number of rotatable bonds is 7. The molecule has 2 aliphatic rings. The summed E-state index contributed by atoms with van der Waals surface area (Å²) < 4.78 is 11.1. The van der Waals surface area contributed by atoms with Crippen LogP contribution in [-0.4, -0.2) is 35.6 Å². The Kier molecular flexibility index (Phi) is 6.63. The first-order valence-corrected chi connectivity index (χ1v) is 10.9. The number of para-hydroxylation sites is 1. The molecule has 1 heterocycles. The van der Waals surface area contributed by atoms with Gasteiger partial charge in [0.25, 0.3) is 5.69 Å². The normalized spacial score (nSPS) is 20.0. The predicted octanol–water partition coefficient (Wildman–Crippen LogP) is 4.40. The number of carbonyl (C=O) groups is 2. The van der Waals surface area contributed by atoms with Crippen LogP contribution in [0.4, 0.5) is 5.69 Å². The lowest BCUT2D eigenvalue weighted by molar-refractivity contribution is -0.384. The zero-order valence-corrected chi connectivity index (χ0v) is 18.2. The van der Waals surface area contributed by atoms with Crippen molar-refractivity contribution in [1.29, 1.82) is 0 Å². The average molecular weight is 448 g/mol. The van der Waals surface area contributed by atoms with E-state index in [4.69, 9.17) is 9.47 Å². The number of esters is 1. The first kappa shape index (κ1) is 22.4. The SMILES string of the molecule is CC1=NC2=C(C(=O)CCC2)[C@@H](c2cccc([N+](=O)[O-])c2)C1C(=O)OCCOc1ccccc1. The molecule has 2 aromatic carbocycles. The molecule has 0 fully saturated rings. The number of aliphatic imine (C=N–C) groups is 1. The third kappa shape index (κ3) is 4.84. The molecule has 0 bridgehead atoms. The van der Waals surface area contributed by atoms with Gasteiger partial charge in [0.05, 0.1) is 4.92 Å². The predicted molar refractivity (Wildman–Crippen MR) is 121 cm³/mol. The van der Waals surface area contributed by atoms with E-state index < -0.39 is 22.7 Å². The lowest BCUT2D eigenvalue weighted by atomic mass is 9.71. The highest BCUT2D eigenvalue weighted by Gasteiger charge is 2.43. The van der Waals surface area contributed by atoms with Gasteiger partial charge >= 0.3 is 5.97 Å². The number of non-ortho nitro benzene ring substituents is 1. The fraction of sp³-hybridized carbons (Fsp3) is 0.320. The van der Waals surface area contributed by atoms with Gasteiger partial charge in [0.2, 0.25) is 0 Å². The van der Waals surface area contributed by atoms with Crippen LogP contribution >= 0.6 is 0 Å². The van der Waals surface area contributed by atoms with Crippen molar-refractivity contribution in [3.63, 3.8) is 0 Å². The lowest BCUT2D eigenvalue weighted by Crippen LogP contribution is -2.37. The van der Waals surface area contributed by atoms with Crippen LogP contribution in [-0.2, 0) is 14.3 Å². The summed E-state index contributed by atoms with van der Waals surface area (Å²) in [7, 11) is 0. The van der Waals surface area contributed by atoms with Crippen molar-refractivity contribution in [2.45, 2.75) is 32.1 Å². The summed E-state index contributed by atoms with van der Waals surface area (Å²) in [6, 6.07) is 15.3. The van der Waals surface area contributed by atoms with Crippen LogP contribution in [0.3, 0.4) is 0 Å². The van der Waals surface area contributed by atoms with E-state index in [0.717, 1.165) is 0 Å². The Balaban J connectivity index is 1.59. The maximum atomic E-state index is 13.2. The van der Waals surface area contributed by atoms with E-state index in [1.165, 1.54) is 12.1 Å². The van der Waals surface area contributed by atoms with Crippen molar-refractivity contribution in [1.82, 2.24) is 0 Å². The van der Waals surface area contributed by atoms with Crippen LogP contribution in [0.5, 0.6) is 5.75 Å². The molecule has 1 aliphatic heterocycles. The lowest BCUT2D eigenvalue weighted by Gasteiger charge is -2.34. The second-order valence-electron chi connectivity index (χ2n) is 8.03. The van der Waals surface area contributed by atoms with Crippen molar-refractivity contribution in [2.24, 2.45) is 10.9 Å². The number of hydrogen-bond donors (Lipinski definition) is 0. The van der Waals surface area contributed by atoms with Crippen LogP contribution in [0, 0.1) is 16.0 Å². The third-order valence-electron chi connectivity index (χ3n) is 5.87. The minimum Gasteiger partial charge on any atom is -0.490 e. The van der Waals surface area contributed by atoms with Crippen LogP contribution in [0.2, 0.25) is 0 Å². The maximum Gasteiger partial charge on any atom is 0.315 e. The average Bonchev–Trinajstić information content (AvgIpc) is 2.81. The molecule has 0 saturated heterocycles. The summed E-state index contributed by atoms with van der Waals surface area (Å²) in [4.78, 5) is 41.5. The molecule has 8 nitrogen and oxygen atoms in total. The minimum absolute atomic E-state index is 0.0268. The number of ether oxygens (including phenoxy) is 2. The summed E-state index contributed by atoms with van der Waals surface area (Å²) >= 11 is 0. The van der Waals surface area contributed by atoms with Gasteiger partial charge < -0.3 is 9.47 Å². The molecule has 0 N–H and O–H groups in total. The number of carbonyl (C=O) groups excluding carboxylic acids is 2. The quantitative estimate of drug-likeness (QED) is 0.269. The molecule has 33 heavy (non-hydrogen) atoms. The van der Waals surface area contributed by atoms with Gasteiger partial charge in [-0.2, -0.15) is 0 Å². The molecule has 4 rings (SSSR count). The van der Waals surface area contributed by atoms with Crippen LogP contribution in [0.1, 0.15) is 37.7 Å². The zero-order chi connectivity index (χ0) is 23.4. The largest absolute Gasteiger partial charge is 0.490 e. The Labute approximate surface area is 191 Å². The second kappa shape index (κ2) is 9.77. The molecule has 2 atom stereocenters. The van der Waals surface area contributed by atoms with Crippen molar-refractivity contribution in [2.75, 3.05) is 13.2 Å². The van der Waals surface area contributed by atoms with Crippen LogP contribution in [0.15, 0.2) is 70.9 Å². The Bertz CT molecular complexity index is 1140. The second-order valence-corrected chi connectivity index (χ2v) is 8.03. The zero-order valence-electron chi connectivity index (χ0n) is 18.2. The van der Waals surface area contributed by atoms with Crippen LogP contribution in [0.25, 0.3) is 0 Å². The minimum atomic E-state index is -0.843. The van der Waals surface area contributed by atoms with E-state index in [-0.39, 0.29) is 24.7 Å². The summed E-state index contributed by atoms with van der Waals surface area (Å²) in [5.74, 6) is -1.46. The van der Waals surface area contributed by atoms with Gasteiger partial charge in [0.15, 0.2) is 5.78 Å². The van der Waals surface area contributed by atoms with Gasteiger partial charge in [-0.15, -0.1) is 0 Å². The van der Waals surface area contributed by atoms with E-state index in [2.05, 4.69) is 4.99 Å². The number of nitro groups is 1. The Hall–Kier alpha value is -3.81. The molecule has 0 radical (unpaired) electrons. The summed E-state index contributed by atoms with van der Waals surface area (Å²) in [6.45, 7) is 1.94. The topological polar surface area (TPSA) is 108 Å². The summed E-state index contributed by atoms with van der Waals surface area (Å²) in [6.07, 6.45) is 1.70. The molecule has 2 aromatic rings. The van der Waals surface area contributed by atoms with E-state index in [9.17, 15) is 19.7 Å². The van der Waals surface area contributed by atoms with Gasteiger partial charge in [0, 0.05) is 41.5 Å². The van der Waals surface area contributed by atoms with E-state index in [1.54, 1.807) is 31.2 Å². The fourth-order valence-corrected chi connectivity index (χ4v) is 4.41. The summed E-state index contributed by atoms with van der Waals surface area (Å²) in [5, 5.41) is 11.4. The smallest absolute Gasteiger partial charge is 0.315 e. The first-order chi connectivity index (χ1) is 16.0. The molecule has 0 spiro atoms. The number of allylic oxidation sites excluding steroid dienone is 2. The number of benzene rings is 2. The van der Waals surface area contributed by atoms with Crippen molar-refractivity contribution in [3.8, 4) is 5.75 Å². The highest BCUT2D eigenvalue weighted by molar-refractivity contribution is 6.08. The van der Waals surface area contributed by atoms with Crippen molar-refractivity contribution < 1.29 is 24.0 Å². The van der Waals surface area contributed by atoms with E-state index >= 15 is 0 Å². The molecule has 8 heteroatoms. The van der Waals surface area contributed by atoms with Gasteiger partial charge in [-0.05, 0) is 37.5 Å². The number of ketones is 1. The number of nitrogens with zero attached hydrogens (tertiary/aromatic N) is 2. The van der Waals surface area contributed by atoms with Gasteiger partial charge in [0.1, 0.15) is 24.9 Å². The number of Topliss-reactive ketones (excluding diaryl/α,β-unsaturated/α-hetero) is 1. The standard InChI is InChI=1S/C25H24N2O6/c1-16-22(25(29)33-14-13-32-19-9-3-2-4-10-19)23(17-7-5-8-18(15-17)27(30)31)24-20(26-16)11-6-12-21(24)28/h2-5,7-10,15,22-23H,6,11-14H2,1H3/t22?,23-/m0/s1. The Morgan fingerprint density at radius 1 is 1.12 bits per heavy atom. The molecule has 170 valence electrons. The maximum absolute atomic E-state index is 13.2. The third-order valence-corrected chi connectivity index (χ3v) is 5.87. The molecular formula is C25H24N2O6. The highest BCUT2D eigenvalue weighted by atomic mass is 16.6. The molecular weight excluding hydrogens is 424 g/mol. The molecule has 1 unspecified atom stereocenters. The molecule has 0 saturated carbocycles. The molecule has 1 aliphatic carbocycles. The fourth-order valence-electron chi connectivity index (χ4n) is 4.41. The van der Waals surface area contributed by atoms with E-state index in [0.29, 0.717) is 47.6 Å². The van der Waals surface area contributed by atoms with Gasteiger partial charge in [-0.1, -0.05) is 30.3 Å². The number of hydrogen-bond acceptors (Lipinski definition) is 7. The Morgan fingerprint density at radius 2 is 1.91 bits per heavy atom. The van der Waals surface area contributed by atoms with E-state index in [1.807, 2.05) is 18.2 Å².